The van der Waals surface area contributed by atoms with Crippen molar-refractivity contribution in [3.63, 3.8) is 0 Å². The molecule has 58 heavy (non-hydrogen) atoms. The van der Waals surface area contributed by atoms with Gasteiger partial charge in [-0.15, -0.1) is 0 Å². The number of carboxylic acid groups (broad SMARTS) is 1. The van der Waals surface area contributed by atoms with E-state index in [9.17, 15) is 53.7 Å². The molecular weight excluding hydrogens is 756 g/mol. The van der Waals surface area contributed by atoms with Crippen molar-refractivity contribution in [2.75, 3.05) is 13.2 Å². The highest BCUT2D eigenvalue weighted by Crippen LogP contribution is 2.20. The predicted molar refractivity (Wildman–Crippen MR) is 208 cm³/mol. The third kappa shape index (κ3) is 14.1. The molecule has 0 aliphatic carbocycles. The Kier molecular flexibility index (Phi) is 17.6. The first kappa shape index (κ1) is 46.3. The van der Waals surface area contributed by atoms with E-state index in [1.165, 1.54) is 19.1 Å². The molecule has 0 spiro atoms. The van der Waals surface area contributed by atoms with Crippen molar-refractivity contribution in [3.05, 3.63) is 65.7 Å². The van der Waals surface area contributed by atoms with Crippen molar-refractivity contribution in [2.45, 2.75) is 102 Å². The van der Waals surface area contributed by atoms with Gasteiger partial charge in [-0.05, 0) is 55.4 Å². The van der Waals surface area contributed by atoms with Crippen LogP contribution in [0.5, 0.6) is 5.75 Å². The fourth-order valence-electron chi connectivity index (χ4n) is 6.34. The van der Waals surface area contributed by atoms with Crippen LogP contribution in [0.15, 0.2) is 54.6 Å². The average Bonchev–Trinajstić information content (AvgIpc) is 3.67. The van der Waals surface area contributed by atoms with Gasteiger partial charge >= 0.3 is 5.97 Å². The Labute approximate surface area is 335 Å². The molecule has 316 valence electrons. The van der Waals surface area contributed by atoms with Crippen LogP contribution in [0.2, 0.25) is 0 Å². The van der Waals surface area contributed by atoms with E-state index in [0.717, 1.165) is 4.90 Å². The van der Waals surface area contributed by atoms with Crippen LogP contribution in [-0.4, -0.2) is 123 Å². The van der Waals surface area contributed by atoms with Crippen LogP contribution < -0.4 is 38.1 Å². The van der Waals surface area contributed by atoms with E-state index >= 15 is 0 Å². The Morgan fingerprint density at radius 1 is 0.741 bits per heavy atom. The van der Waals surface area contributed by atoms with Gasteiger partial charge in [0.05, 0.1) is 19.1 Å². The number of likely N-dealkylation sites (tertiary alicyclic amines) is 1. The molecule has 19 heteroatoms. The summed E-state index contributed by atoms with van der Waals surface area (Å²) in [5.41, 5.74) is 12.6. The molecule has 2 aromatic carbocycles. The van der Waals surface area contributed by atoms with Gasteiger partial charge in [0.25, 0.3) is 0 Å². The summed E-state index contributed by atoms with van der Waals surface area (Å²) in [4.78, 5) is 105. The lowest BCUT2D eigenvalue weighted by atomic mass is 10.0. The zero-order valence-corrected chi connectivity index (χ0v) is 32.7. The van der Waals surface area contributed by atoms with E-state index in [4.69, 9.17) is 11.5 Å². The van der Waals surface area contributed by atoms with Crippen molar-refractivity contribution in [3.8, 4) is 5.75 Å². The molecule has 2 aromatic rings. The summed E-state index contributed by atoms with van der Waals surface area (Å²) >= 11 is 0. The quantitative estimate of drug-likeness (QED) is 0.0651. The molecule has 0 bridgehead atoms. The normalized spacial score (nSPS) is 16.8. The van der Waals surface area contributed by atoms with Gasteiger partial charge in [-0.2, -0.15) is 0 Å². The number of aliphatic carboxylic acids is 1. The number of hydrogen-bond donors (Lipinski definition) is 10. The van der Waals surface area contributed by atoms with E-state index in [1.807, 2.05) is 13.8 Å². The minimum Gasteiger partial charge on any atom is -0.508 e. The number of aliphatic hydroxyl groups is 1. The maximum absolute atomic E-state index is 13.6. The van der Waals surface area contributed by atoms with Crippen molar-refractivity contribution < 1.29 is 53.7 Å². The number of nitrogens with zero attached hydrogens (tertiary/aromatic N) is 1. The summed E-state index contributed by atoms with van der Waals surface area (Å²) in [5.74, 6) is -7.29. The van der Waals surface area contributed by atoms with Crippen molar-refractivity contribution >= 4 is 47.3 Å². The monoisotopic (exact) mass is 810 g/mol. The maximum Gasteiger partial charge on any atom is 0.326 e. The number of nitrogens with two attached hydrogens (primary N) is 2. The molecule has 1 aliphatic rings. The molecule has 12 N–H and O–H groups in total. The Balaban J connectivity index is 1.69. The van der Waals surface area contributed by atoms with Gasteiger partial charge in [0.1, 0.15) is 42.0 Å². The Morgan fingerprint density at radius 3 is 1.90 bits per heavy atom. The SMILES string of the molecule is CC(C)C[C@H](N)C(=O)N[C@@H](Cc1ccc(O)cc1)C(=O)N[C@@H](C)C(=O)N[C@@H](CC(N)=O)C(=O)N[C@H](CO)C(=O)N1CCC[C@H]1C(=O)N[C@@H](Cc1ccccc1)C(=O)O. The number of aliphatic hydroxyl groups excluding tert-OH is 1. The van der Waals surface area contributed by atoms with Crippen molar-refractivity contribution in [2.24, 2.45) is 17.4 Å². The molecular formula is C39H54N8O11. The van der Waals surface area contributed by atoms with Gasteiger partial charge in [-0.1, -0.05) is 56.3 Å². The van der Waals surface area contributed by atoms with Gasteiger partial charge in [0.2, 0.25) is 41.4 Å². The summed E-state index contributed by atoms with van der Waals surface area (Å²) < 4.78 is 0. The number of rotatable bonds is 21. The number of primary amides is 1. The average molecular weight is 811 g/mol. The molecule has 1 aliphatic heterocycles. The number of benzene rings is 2. The maximum atomic E-state index is 13.6. The summed E-state index contributed by atoms with van der Waals surface area (Å²) in [7, 11) is 0. The van der Waals surface area contributed by atoms with E-state index in [2.05, 4.69) is 26.6 Å². The van der Waals surface area contributed by atoms with E-state index < -0.39 is 103 Å². The van der Waals surface area contributed by atoms with Crippen LogP contribution in [0.1, 0.15) is 57.6 Å². The lowest BCUT2D eigenvalue weighted by Crippen LogP contribution is -2.60. The number of carbonyl (C=O) groups is 8. The van der Waals surface area contributed by atoms with Gasteiger partial charge in [-0.25, -0.2) is 4.79 Å². The van der Waals surface area contributed by atoms with Crippen molar-refractivity contribution in [1.82, 2.24) is 31.5 Å². The number of aromatic hydroxyl groups is 1. The van der Waals surface area contributed by atoms with Crippen LogP contribution in [0, 0.1) is 5.92 Å². The number of nitrogens with one attached hydrogen (secondary N) is 5. The van der Waals surface area contributed by atoms with Gasteiger partial charge in [-0.3, -0.25) is 33.6 Å². The molecule has 0 radical (unpaired) electrons. The first-order chi connectivity index (χ1) is 27.4. The fraction of sp³-hybridized carbons (Fsp3) is 0.487. The molecule has 0 saturated carbocycles. The molecule has 0 aromatic heterocycles. The standard InChI is InChI=1S/C39H54N8O11/c1-21(2)16-26(40)34(52)44-27(17-24-11-13-25(49)14-12-24)35(53)42-22(3)33(51)43-28(19-32(41)50)36(54)46-30(20-48)38(56)47-15-7-10-31(47)37(55)45-29(39(57)58)18-23-8-5-4-6-9-23/h4-6,8-9,11-14,21-22,26-31,48-49H,7,10,15-20,40H2,1-3H3,(H2,41,50)(H,42,53)(H,43,51)(H,44,52)(H,45,55)(H,46,54)(H,57,58)/t22-,26-,27-,28-,29-,30+,31-/m0/s1. The van der Waals surface area contributed by atoms with E-state index in [1.54, 1.807) is 42.5 Å². The molecule has 1 heterocycles. The second kappa shape index (κ2) is 22.0. The molecule has 7 amide bonds. The number of phenols is 1. The molecule has 0 unspecified atom stereocenters. The van der Waals surface area contributed by atoms with Crippen LogP contribution in [0.4, 0.5) is 0 Å². The number of amides is 7. The summed E-state index contributed by atoms with van der Waals surface area (Å²) in [6.07, 6.45) is 0.0652. The number of carbonyl (C=O) groups excluding carboxylic acids is 7. The lowest BCUT2D eigenvalue weighted by molar-refractivity contribution is -0.145. The third-order valence-corrected chi connectivity index (χ3v) is 9.39. The van der Waals surface area contributed by atoms with Crippen LogP contribution in [-0.2, 0) is 51.2 Å². The lowest BCUT2D eigenvalue weighted by Gasteiger charge is -2.29. The second-order valence-electron chi connectivity index (χ2n) is 14.7. The summed E-state index contributed by atoms with van der Waals surface area (Å²) in [5, 5.41) is 41.7. The molecule has 3 rings (SSSR count). The number of carboxylic acids is 1. The second-order valence-corrected chi connectivity index (χ2v) is 14.7. The highest BCUT2D eigenvalue weighted by atomic mass is 16.4. The Hall–Kier alpha value is -6.08. The molecule has 1 fully saturated rings. The predicted octanol–water partition coefficient (Wildman–Crippen LogP) is -2.06. The van der Waals surface area contributed by atoms with Crippen molar-refractivity contribution in [1.29, 1.82) is 0 Å². The molecule has 7 atom stereocenters. The smallest absolute Gasteiger partial charge is 0.326 e. The van der Waals surface area contributed by atoms with E-state index in [-0.39, 0.29) is 37.5 Å². The zero-order valence-electron chi connectivity index (χ0n) is 32.7. The highest BCUT2D eigenvalue weighted by Gasteiger charge is 2.40. The Bertz CT molecular complexity index is 1780. The largest absolute Gasteiger partial charge is 0.508 e. The molecule has 1 saturated heterocycles. The summed E-state index contributed by atoms with van der Waals surface area (Å²) in [6.45, 7) is 4.14. The topological polar surface area (TPSA) is 313 Å². The number of hydrogen-bond acceptors (Lipinski definition) is 11. The van der Waals surface area contributed by atoms with Gasteiger partial charge in [0.15, 0.2) is 0 Å². The first-order valence-electron chi connectivity index (χ1n) is 18.9. The summed E-state index contributed by atoms with van der Waals surface area (Å²) in [6, 6.07) is 5.26. The fourth-order valence-corrected chi connectivity index (χ4v) is 6.34. The van der Waals surface area contributed by atoms with Gasteiger partial charge < -0.3 is 58.3 Å². The zero-order chi connectivity index (χ0) is 43.1. The molecule has 19 nitrogen and oxygen atoms in total. The van der Waals surface area contributed by atoms with Crippen LogP contribution >= 0.6 is 0 Å². The van der Waals surface area contributed by atoms with Gasteiger partial charge in [0, 0.05) is 19.4 Å². The van der Waals surface area contributed by atoms with E-state index in [0.29, 0.717) is 24.0 Å². The minimum absolute atomic E-state index is 0.0166. The first-order valence-corrected chi connectivity index (χ1v) is 18.9. The Morgan fingerprint density at radius 2 is 1.31 bits per heavy atom. The third-order valence-electron chi connectivity index (χ3n) is 9.39. The number of phenolic OH excluding ortho intramolecular Hbond substituents is 1. The minimum atomic E-state index is -1.68. The highest BCUT2D eigenvalue weighted by molar-refractivity contribution is 5.98. The van der Waals surface area contributed by atoms with Crippen LogP contribution in [0.25, 0.3) is 0 Å². The van der Waals surface area contributed by atoms with Crippen LogP contribution in [0.3, 0.4) is 0 Å².